The number of carbonyl (C=O) groups is 1. The van der Waals surface area contributed by atoms with Crippen LogP contribution in [0.15, 0.2) is 6.20 Å². The van der Waals surface area contributed by atoms with Crippen LogP contribution in [0.1, 0.15) is 23.3 Å². The smallest absolute Gasteiger partial charge is 0.271 e. The quantitative estimate of drug-likeness (QED) is 0.584. The van der Waals surface area contributed by atoms with E-state index in [9.17, 15) is 14.9 Å². The lowest BCUT2D eigenvalue weighted by Gasteiger charge is -2.24. The summed E-state index contributed by atoms with van der Waals surface area (Å²) < 4.78 is 0. The molecule has 1 aliphatic rings. The number of hydrogen-bond acceptors (Lipinski definition) is 5. The zero-order valence-corrected chi connectivity index (χ0v) is 8.38. The lowest BCUT2D eigenvalue weighted by atomic mass is 10.3. The summed E-state index contributed by atoms with van der Waals surface area (Å²) in [5.74, 6) is -0.552. The van der Waals surface area contributed by atoms with Crippen molar-refractivity contribution >= 4 is 11.6 Å². The number of nitrogens with zero attached hydrogens (tertiary/aromatic N) is 3. The molecule has 0 aromatic carbocycles. The van der Waals surface area contributed by atoms with Crippen molar-refractivity contribution in [1.82, 2.24) is 15.3 Å². The second-order valence-electron chi connectivity index (χ2n) is 3.33. The summed E-state index contributed by atoms with van der Waals surface area (Å²) in [5, 5.41) is 17.5. The molecule has 0 saturated carbocycles. The van der Waals surface area contributed by atoms with Crippen molar-refractivity contribution in [3.8, 4) is 0 Å². The fraction of sp³-hybridized carbons (Fsp3) is 0.500. The Morgan fingerprint density at radius 1 is 1.62 bits per heavy atom. The van der Waals surface area contributed by atoms with E-state index in [4.69, 9.17) is 4.84 Å². The van der Waals surface area contributed by atoms with Crippen molar-refractivity contribution in [2.24, 2.45) is 0 Å². The summed E-state index contributed by atoms with van der Waals surface area (Å²) in [6, 6.07) is 0. The maximum atomic E-state index is 11.8. The minimum atomic E-state index is -0.652. The molecule has 8 nitrogen and oxygen atoms in total. The van der Waals surface area contributed by atoms with Crippen LogP contribution in [-0.2, 0) is 4.84 Å². The Labute approximate surface area is 90.3 Å². The third kappa shape index (κ3) is 1.87. The van der Waals surface area contributed by atoms with Crippen molar-refractivity contribution in [3.05, 3.63) is 22.0 Å². The number of nitro groups is 1. The highest BCUT2D eigenvalue weighted by molar-refractivity contribution is 5.95. The first kappa shape index (κ1) is 10.6. The van der Waals surface area contributed by atoms with Gasteiger partial charge in [0.2, 0.25) is 5.69 Å². The van der Waals surface area contributed by atoms with E-state index in [1.165, 1.54) is 0 Å². The highest BCUT2D eigenvalue weighted by Crippen LogP contribution is 2.18. The maximum absolute atomic E-state index is 11.8. The first-order valence-electron chi connectivity index (χ1n) is 4.82. The molecule has 8 heteroatoms. The predicted octanol–water partition coefficient (Wildman–Crippen LogP) is 0.485. The summed E-state index contributed by atoms with van der Waals surface area (Å²) in [4.78, 5) is 26.9. The van der Waals surface area contributed by atoms with Crippen LogP contribution in [0.25, 0.3) is 0 Å². The highest BCUT2D eigenvalue weighted by Gasteiger charge is 2.28. The third-order valence-corrected chi connectivity index (χ3v) is 2.26. The van der Waals surface area contributed by atoms with Crippen molar-refractivity contribution in [2.75, 3.05) is 13.2 Å². The first-order chi connectivity index (χ1) is 7.70. The second-order valence-corrected chi connectivity index (χ2v) is 3.33. The number of amides is 1. The van der Waals surface area contributed by atoms with Gasteiger partial charge in [0.05, 0.1) is 11.5 Å². The molecule has 1 N–H and O–H groups in total. The maximum Gasteiger partial charge on any atom is 0.319 e. The van der Waals surface area contributed by atoms with Gasteiger partial charge in [-0.15, -0.1) is 0 Å². The van der Waals surface area contributed by atoms with Crippen molar-refractivity contribution in [2.45, 2.75) is 12.8 Å². The Balaban J connectivity index is 2.19. The van der Waals surface area contributed by atoms with Gasteiger partial charge in [0.25, 0.3) is 0 Å². The second kappa shape index (κ2) is 4.27. The summed E-state index contributed by atoms with van der Waals surface area (Å²) >= 11 is 0. The van der Waals surface area contributed by atoms with Gasteiger partial charge in [0, 0.05) is 6.54 Å². The minimum Gasteiger partial charge on any atom is -0.271 e. The molecular formula is C8H10N4O4. The third-order valence-electron chi connectivity index (χ3n) is 2.26. The van der Waals surface area contributed by atoms with Crippen molar-refractivity contribution < 1.29 is 14.6 Å². The molecule has 0 bridgehead atoms. The monoisotopic (exact) mass is 226 g/mol. The molecule has 2 heterocycles. The van der Waals surface area contributed by atoms with Crippen LogP contribution in [0.3, 0.4) is 0 Å². The van der Waals surface area contributed by atoms with Crippen LogP contribution < -0.4 is 0 Å². The molecule has 1 fully saturated rings. The van der Waals surface area contributed by atoms with Crippen LogP contribution in [0, 0.1) is 10.1 Å². The number of hydroxylamine groups is 2. The topological polar surface area (TPSA) is 101 Å². The van der Waals surface area contributed by atoms with Crippen molar-refractivity contribution in [1.29, 1.82) is 0 Å². The molecular weight excluding hydrogens is 216 g/mol. The Morgan fingerprint density at radius 2 is 2.44 bits per heavy atom. The molecule has 1 aromatic rings. The zero-order valence-electron chi connectivity index (χ0n) is 8.38. The van der Waals surface area contributed by atoms with Gasteiger partial charge in [0.1, 0.15) is 6.20 Å². The summed E-state index contributed by atoms with van der Waals surface area (Å²) in [7, 11) is 0. The highest BCUT2D eigenvalue weighted by atomic mass is 16.7. The Kier molecular flexibility index (Phi) is 2.82. The summed E-state index contributed by atoms with van der Waals surface area (Å²) in [5.41, 5.74) is -0.480. The van der Waals surface area contributed by atoms with Gasteiger partial charge in [0.15, 0.2) is 0 Å². The fourth-order valence-electron chi connectivity index (χ4n) is 1.46. The lowest BCUT2D eigenvalue weighted by Crippen LogP contribution is -2.36. The molecule has 1 aromatic heterocycles. The van der Waals surface area contributed by atoms with E-state index in [2.05, 4.69) is 10.2 Å². The van der Waals surface area contributed by atoms with Gasteiger partial charge in [-0.3, -0.25) is 24.8 Å². The van der Waals surface area contributed by atoms with E-state index in [0.717, 1.165) is 24.1 Å². The molecule has 0 unspecified atom stereocenters. The Hall–Kier alpha value is -1.96. The molecule has 1 amide bonds. The van der Waals surface area contributed by atoms with Gasteiger partial charge >= 0.3 is 11.6 Å². The number of aromatic nitrogens is 2. The summed E-state index contributed by atoms with van der Waals surface area (Å²) in [6.45, 7) is 0.892. The molecule has 1 saturated heterocycles. The molecule has 1 aliphatic heterocycles. The summed E-state index contributed by atoms with van der Waals surface area (Å²) in [6.07, 6.45) is 2.72. The average Bonchev–Trinajstić information content (AvgIpc) is 2.78. The molecule has 0 aliphatic carbocycles. The van der Waals surface area contributed by atoms with Crippen LogP contribution in [0.2, 0.25) is 0 Å². The van der Waals surface area contributed by atoms with Gasteiger partial charge in [-0.05, 0) is 12.8 Å². The fourth-order valence-corrected chi connectivity index (χ4v) is 1.46. The lowest BCUT2D eigenvalue weighted by molar-refractivity contribution is -0.385. The Bertz CT molecular complexity index is 410. The molecule has 0 spiro atoms. The van der Waals surface area contributed by atoms with E-state index >= 15 is 0 Å². The average molecular weight is 226 g/mol. The minimum absolute atomic E-state index is 0.146. The normalized spacial score (nSPS) is 16.1. The van der Waals surface area contributed by atoms with E-state index in [1.807, 2.05) is 0 Å². The van der Waals surface area contributed by atoms with Crippen LogP contribution in [0.4, 0.5) is 5.69 Å². The number of hydrogen-bond donors (Lipinski definition) is 1. The Morgan fingerprint density at radius 3 is 3.06 bits per heavy atom. The number of H-pyrrole nitrogens is 1. The number of rotatable bonds is 2. The standard InChI is InChI=1S/C8H10N4O4/c13-8(11-3-1-2-4-16-11)7-6(12(14)15)5-9-10-7/h5H,1-4H2,(H,9,10). The van der Waals surface area contributed by atoms with Crippen molar-refractivity contribution in [3.63, 3.8) is 0 Å². The molecule has 0 radical (unpaired) electrons. The molecule has 0 atom stereocenters. The van der Waals surface area contributed by atoms with Crippen LogP contribution in [0.5, 0.6) is 0 Å². The number of aromatic amines is 1. The van der Waals surface area contributed by atoms with E-state index in [1.54, 1.807) is 0 Å². The largest absolute Gasteiger partial charge is 0.319 e. The molecule has 16 heavy (non-hydrogen) atoms. The SMILES string of the molecule is O=C(c1[nH]ncc1[N+](=O)[O-])N1CCCCO1. The number of nitrogens with one attached hydrogen (secondary N) is 1. The van der Waals surface area contributed by atoms with E-state index < -0.39 is 10.8 Å². The van der Waals surface area contributed by atoms with Gasteiger partial charge in [-0.2, -0.15) is 5.10 Å². The van der Waals surface area contributed by atoms with Gasteiger partial charge in [-0.25, -0.2) is 5.06 Å². The molecule has 2 rings (SSSR count). The molecule has 86 valence electrons. The predicted molar refractivity (Wildman–Crippen MR) is 51.5 cm³/mol. The van der Waals surface area contributed by atoms with Gasteiger partial charge < -0.3 is 0 Å². The van der Waals surface area contributed by atoms with E-state index in [0.29, 0.717) is 13.2 Å². The van der Waals surface area contributed by atoms with E-state index in [-0.39, 0.29) is 11.4 Å². The van der Waals surface area contributed by atoms with Gasteiger partial charge in [-0.1, -0.05) is 0 Å². The first-order valence-corrected chi connectivity index (χ1v) is 4.82. The van der Waals surface area contributed by atoms with Crippen LogP contribution in [-0.4, -0.2) is 39.2 Å². The zero-order chi connectivity index (χ0) is 11.5. The van der Waals surface area contributed by atoms with Crippen LogP contribution >= 0.6 is 0 Å². The number of carbonyl (C=O) groups excluding carboxylic acids is 1.